The number of fused-ring (bicyclic) bond motifs is 2. The van der Waals surface area contributed by atoms with E-state index in [-0.39, 0.29) is 50.0 Å². The van der Waals surface area contributed by atoms with E-state index >= 15 is 9.59 Å². The van der Waals surface area contributed by atoms with Crippen LogP contribution in [0.4, 0.5) is 10.5 Å². The summed E-state index contributed by atoms with van der Waals surface area (Å²) in [4.78, 5) is 168. The summed E-state index contributed by atoms with van der Waals surface area (Å²) in [7, 11) is 0. The number of rotatable bonds is 34. The number of benzene rings is 3. The van der Waals surface area contributed by atoms with Crippen molar-refractivity contribution in [2.75, 3.05) is 50.0 Å². The van der Waals surface area contributed by atoms with E-state index in [0.29, 0.717) is 46.7 Å². The number of urea groups is 1. The fraction of sp³-hybridized carbons (Fsp3) is 0.615. The zero-order valence-corrected chi connectivity index (χ0v) is 66.5. The van der Waals surface area contributed by atoms with Gasteiger partial charge in [0, 0.05) is 62.1 Å². The summed E-state index contributed by atoms with van der Waals surface area (Å²) in [5, 5.41) is 116. The number of aromatic hydroxyl groups is 1. The molecule has 0 spiro atoms. The molecule has 4 aliphatic heterocycles. The van der Waals surface area contributed by atoms with Gasteiger partial charge in [-0.15, -0.1) is 0 Å². The molecule has 5 unspecified atom stereocenters. The Balaban J connectivity index is 1.22. The van der Waals surface area contributed by atoms with E-state index in [1.807, 2.05) is 6.26 Å². The third-order valence-electron chi connectivity index (χ3n) is 21.1. The lowest BCUT2D eigenvalue weighted by molar-refractivity contribution is -0.148. The number of aliphatic hydroxyl groups is 7. The number of hydrogen-bond acceptors (Lipinski definition) is 22. The van der Waals surface area contributed by atoms with Crippen LogP contribution in [0.25, 0.3) is 0 Å². The molecule has 19 N–H and O–H groups in total. The number of carbonyl (C=O) groups is 11. The maximum absolute atomic E-state index is 15.1. The Labute approximate surface area is 667 Å². The highest BCUT2D eigenvalue weighted by Crippen LogP contribution is 2.29. The number of likely N-dealkylation sites (tertiary alicyclic amines) is 1. The molecule has 3 aromatic carbocycles. The van der Waals surface area contributed by atoms with Crippen molar-refractivity contribution < 1.29 is 93.6 Å². The fourth-order valence-electron chi connectivity index (χ4n) is 14.7. The number of aliphatic imine (C=N–C) groups is 1. The molecule has 4 saturated heterocycles. The first-order valence-corrected chi connectivity index (χ1v) is 40.8. The van der Waals surface area contributed by atoms with Crippen molar-refractivity contribution in [3.8, 4) is 5.75 Å². The molecule has 7 rings (SSSR count). The summed E-state index contributed by atoms with van der Waals surface area (Å²) in [6.07, 6.45) is -5.72. The number of halogens is 1. The van der Waals surface area contributed by atoms with Crippen LogP contribution in [0, 0.1) is 11.8 Å². The Bertz CT molecular complexity index is 3710. The quantitative estimate of drug-likeness (QED) is 0.0365. The molecular weight excluding hydrogens is 1500 g/mol. The van der Waals surface area contributed by atoms with Crippen LogP contribution in [0.15, 0.2) is 83.9 Å². The van der Waals surface area contributed by atoms with Gasteiger partial charge in [-0.05, 0) is 130 Å². The second-order valence-electron chi connectivity index (χ2n) is 30.1. The molecule has 4 aliphatic rings. The SMILES string of the molecule is CC[C@H](C)C[C@H](C)CCCCCCCCC(=O)NC1C[C@@H](O)C(=NCCNC(=O)C(Cc2ccccc2)N2C(=O)C(NC(=O)C(CCSC)NC(=O)Nc3ccc(Cl)cc3)CC2C)NC(=O)[C@@H]2[C@@H](O)CCN2C(=O)[C@H]([C@H](O)CCN)NC(=O)[C@H]([C@H](O)[C@@H](O)c2ccc(O)cc2)NC(=O)[C@@H]2C[C@@H](O)CN2C(=O)[C@H]([C@@H](C)O)NC1=O. The van der Waals surface area contributed by atoms with Crippen molar-refractivity contribution in [1.82, 2.24) is 57.2 Å². The maximum Gasteiger partial charge on any atom is 0.319 e. The van der Waals surface area contributed by atoms with Crippen LogP contribution < -0.4 is 53.6 Å². The number of anilines is 1. The summed E-state index contributed by atoms with van der Waals surface area (Å²) in [5.74, 6) is -9.56. The smallest absolute Gasteiger partial charge is 0.319 e. The molecule has 624 valence electrons. The van der Waals surface area contributed by atoms with Gasteiger partial charge in [0.15, 0.2) is 0 Å². The van der Waals surface area contributed by atoms with Crippen molar-refractivity contribution in [3.05, 3.63) is 95.0 Å². The van der Waals surface area contributed by atoms with Gasteiger partial charge >= 0.3 is 6.03 Å². The fourth-order valence-corrected chi connectivity index (χ4v) is 15.3. The van der Waals surface area contributed by atoms with Crippen LogP contribution in [0.1, 0.15) is 155 Å². The summed E-state index contributed by atoms with van der Waals surface area (Å²) in [6, 6.07) is 2.82. The normalized spacial score (nSPS) is 25.4. The van der Waals surface area contributed by atoms with E-state index in [2.05, 4.69) is 73.6 Å². The first kappa shape index (κ1) is 91.6. The highest BCUT2D eigenvalue weighted by Gasteiger charge is 2.50. The molecule has 4 fully saturated rings. The van der Waals surface area contributed by atoms with Crippen molar-refractivity contribution >= 4 is 100.0 Å². The molecule has 3 aromatic rings. The molecule has 35 heteroatoms. The van der Waals surface area contributed by atoms with Crippen molar-refractivity contribution in [3.63, 3.8) is 0 Å². The van der Waals surface area contributed by atoms with Gasteiger partial charge in [0.05, 0.1) is 31.0 Å². The molecule has 0 saturated carbocycles. The zero-order valence-electron chi connectivity index (χ0n) is 65.0. The van der Waals surface area contributed by atoms with Crippen LogP contribution in [-0.2, 0) is 54.4 Å². The molecule has 113 heavy (non-hydrogen) atoms. The molecule has 4 heterocycles. The highest BCUT2D eigenvalue weighted by molar-refractivity contribution is 7.98. The van der Waals surface area contributed by atoms with Gasteiger partial charge in [-0.25, -0.2) is 4.79 Å². The van der Waals surface area contributed by atoms with E-state index in [4.69, 9.17) is 17.3 Å². The monoisotopic (exact) mass is 1620 g/mol. The molecule has 0 aliphatic carbocycles. The number of thioether (sulfide) groups is 1. The number of hydrogen-bond donors (Lipinski definition) is 18. The van der Waals surface area contributed by atoms with Gasteiger partial charge in [0.2, 0.25) is 53.2 Å². The maximum atomic E-state index is 15.1. The van der Waals surface area contributed by atoms with E-state index in [0.717, 1.165) is 73.8 Å². The number of unbranched alkanes of at least 4 members (excludes halogenated alkanes) is 5. The average molecular weight is 1620 g/mol. The standard InChI is InChI=1S/C78H115ClN14O19S/c1-7-43(2)37-44(3)17-13-10-8-9-11-16-20-61(100)84-54-41-60(99)68(81-33-34-82-71(105)57(39-47-18-14-12-15-19-47)93-45(4)38-55(75(93)109)85-69(103)53(31-36-113-6)86-78(112)83-50-25-23-49(79)24-26-50)90-74(108)65-59(98)30-35-91(65)77(111)63(58(97)29-32-80)88-73(107)64(67(102)66(101)48-21-27-51(95)28-22-48)89-72(106)56-40-52(96)42-92(56)76(110)62(46(5)94)87-70(54)104/h12,14-15,18-19,21-28,43-46,52-60,62-67,94-99,101-102H,7-11,13,16-17,20,29-42,80H2,1-6H3,(H,82,105)(H,84,100)(H,85,103)(H,87,104)(H,88,107)(H,89,106)(H,81,90,108)(H2,83,86,112)/t43-,44+,45?,46+,52+,53?,54?,55?,56-,57?,58+,59-,60+,62-,63-,64-,65-,66-,67-/m0/s1. The summed E-state index contributed by atoms with van der Waals surface area (Å²) >= 11 is 7.46. The second kappa shape index (κ2) is 44.9. The number of phenols is 1. The van der Waals surface area contributed by atoms with Gasteiger partial charge in [0.25, 0.3) is 5.91 Å². The second-order valence-corrected chi connectivity index (χ2v) is 31.5. The lowest BCUT2D eigenvalue weighted by Gasteiger charge is -2.34. The zero-order chi connectivity index (χ0) is 82.8. The van der Waals surface area contributed by atoms with Gasteiger partial charge in [0.1, 0.15) is 84.3 Å². The van der Waals surface area contributed by atoms with Crippen LogP contribution >= 0.6 is 23.4 Å². The molecule has 33 nitrogen and oxygen atoms in total. The van der Waals surface area contributed by atoms with Crippen LogP contribution in [0.5, 0.6) is 5.75 Å². The summed E-state index contributed by atoms with van der Waals surface area (Å²) in [6.45, 7) is 7.18. The van der Waals surface area contributed by atoms with Crippen molar-refractivity contribution in [2.24, 2.45) is 22.6 Å². The summed E-state index contributed by atoms with van der Waals surface area (Å²) < 4.78 is 0. The lowest BCUT2D eigenvalue weighted by Crippen LogP contribution is -2.64. The van der Waals surface area contributed by atoms with Gasteiger partial charge in [-0.3, -0.25) is 52.9 Å². The highest BCUT2D eigenvalue weighted by atomic mass is 35.5. The number of nitrogens with one attached hydrogen (secondary N) is 9. The average Bonchev–Trinajstić information content (AvgIpc) is 1.70. The lowest BCUT2D eigenvalue weighted by atomic mass is 9.91. The van der Waals surface area contributed by atoms with E-state index in [1.165, 1.54) is 28.8 Å². The van der Waals surface area contributed by atoms with Crippen molar-refractivity contribution in [2.45, 2.75) is 247 Å². The molecular formula is C78H115ClN14O19S. The van der Waals surface area contributed by atoms with Crippen LogP contribution in [0.2, 0.25) is 5.02 Å². The van der Waals surface area contributed by atoms with E-state index in [1.54, 1.807) is 61.5 Å². The Kier molecular flexibility index (Phi) is 36.4. The minimum atomic E-state index is -2.36. The Morgan fingerprint density at radius 3 is 2.03 bits per heavy atom. The molecule has 0 aromatic heterocycles. The largest absolute Gasteiger partial charge is 0.508 e. The Morgan fingerprint density at radius 2 is 1.36 bits per heavy atom. The van der Waals surface area contributed by atoms with Gasteiger partial charge < -0.3 is 109 Å². The Hall–Kier alpha value is -8.58. The minimum Gasteiger partial charge on any atom is -0.508 e. The molecule has 19 atom stereocenters. The first-order chi connectivity index (χ1) is 53.8. The number of amides is 12. The van der Waals surface area contributed by atoms with Crippen molar-refractivity contribution in [1.29, 1.82) is 0 Å². The minimum absolute atomic E-state index is 0.0424. The van der Waals surface area contributed by atoms with E-state index < -0.39 is 220 Å². The molecule has 0 bridgehead atoms. The van der Waals surface area contributed by atoms with E-state index in [9.17, 15) is 84.0 Å². The van der Waals surface area contributed by atoms with Crippen LogP contribution in [-0.4, -0.2) is 268 Å². The third kappa shape index (κ3) is 26.7. The van der Waals surface area contributed by atoms with Gasteiger partial charge in [-0.2, -0.15) is 11.8 Å². The number of nitrogens with two attached hydrogens (primary N) is 1. The molecule has 0 radical (unpaired) electrons. The number of phenolic OH excluding ortho intramolecular Hbond substituents is 1. The number of carbonyl (C=O) groups excluding carboxylic acids is 11. The first-order valence-electron chi connectivity index (χ1n) is 39.0. The number of aliphatic hydroxyl groups excluding tert-OH is 7. The topological polar surface area (TPSA) is 506 Å². The Morgan fingerprint density at radius 1 is 0.708 bits per heavy atom. The number of nitrogens with zero attached hydrogens (tertiary/aromatic N) is 4. The third-order valence-corrected chi connectivity index (χ3v) is 22.0. The number of amidine groups is 1. The predicted octanol–water partition coefficient (Wildman–Crippen LogP) is 0.642. The predicted molar refractivity (Wildman–Crippen MR) is 422 cm³/mol. The summed E-state index contributed by atoms with van der Waals surface area (Å²) in [5.41, 5.74) is 6.80. The molecule has 12 amide bonds. The van der Waals surface area contributed by atoms with Gasteiger partial charge in [-0.1, -0.05) is 120 Å². The van der Waals surface area contributed by atoms with Crippen LogP contribution in [0.3, 0.4) is 0 Å².